The number of carbonyl (C=O) groups is 2. The Morgan fingerprint density at radius 1 is 1.14 bits per heavy atom. The van der Waals surface area contributed by atoms with Crippen molar-refractivity contribution in [2.75, 3.05) is 19.8 Å². The first-order valence-electron chi connectivity index (χ1n) is 8.26. The highest BCUT2D eigenvalue weighted by Crippen LogP contribution is 2.36. The summed E-state index contributed by atoms with van der Waals surface area (Å²) in [5.41, 5.74) is -0.127. The number of ketones is 1. The van der Waals surface area contributed by atoms with E-state index in [0.717, 1.165) is 0 Å². The van der Waals surface area contributed by atoms with Gasteiger partial charge in [0.2, 0.25) is 0 Å². The van der Waals surface area contributed by atoms with Crippen LogP contribution in [0.15, 0.2) is 12.2 Å². The summed E-state index contributed by atoms with van der Waals surface area (Å²) in [6, 6.07) is 0. The van der Waals surface area contributed by atoms with E-state index in [1.165, 1.54) is 0 Å². The van der Waals surface area contributed by atoms with Crippen molar-refractivity contribution in [2.45, 2.75) is 53.4 Å². The smallest absolute Gasteiger partial charge is 0.305 e. The molecule has 0 N–H and O–H groups in total. The molecule has 1 aliphatic heterocycles. The first-order chi connectivity index (χ1) is 10.4. The van der Waals surface area contributed by atoms with Crippen molar-refractivity contribution < 1.29 is 19.1 Å². The molecule has 0 radical (unpaired) electrons. The van der Waals surface area contributed by atoms with Crippen LogP contribution in [0.4, 0.5) is 0 Å². The zero-order valence-corrected chi connectivity index (χ0v) is 14.4. The van der Waals surface area contributed by atoms with Gasteiger partial charge in [-0.3, -0.25) is 9.59 Å². The molecule has 0 amide bonds. The monoisotopic (exact) mass is 310 g/mol. The molecule has 0 aliphatic carbocycles. The zero-order chi connectivity index (χ0) is 16.6. The molecule has 4 nitrogen and oxygen atoms in total. The SMILES string of the molecule is CC1COCC=CCCOC(=O)CCCC(=O)C(C)C1(C)C. The normalized spacial score (nSPS) is 29.1. The van der Waals surface area contributed by atoms with E-state index in [-0.39, 0.29) is 29.0 Å². The molecule has 0 aromatic rings. The molecular formula is C18H30O4. The van der Waals surface area contributed by atoms with E-state index in [2.05, 4.69) is 20.8 Å². The van der Waals surface area contributed by atoms with Crippen molar-refractivity contribution in [3.8, 4) is 0 Å². The summed E-state index contributed by atoms with van der Waals surface area (Å²) >= 11 is 0. The van der Waals surface area contributed by atoms with Gasteiger partial charge in [-0.05, 0) is 24.2 Å². The number of hydrogen-bond acceptors (Lipinski definition) is 4. The van der Waals surface area contributed by atoms with Gasteiger partial charge in [-0.25, -0.2) is 0 Å². The Bertz CT molecular complexity index is 398. The molecule has 0 aromatic carbocycles. The Hall–Kier alpha value is -1.16. The summed E-state index contributed by atoms with van der Waals surface area (Å²) in [7, 11) is 0. The average Bonchev–Trinajstić information content (AvgIpc) is 2.47. The molecule has 126 valence electrons. The van der Waals surface area contributed by atoms with Crippen LogP contribution in [0, 0.1) is 17.3 Å². The lowest BCUT2D eigenvalue weighted by Gasteiger charge is -2.36. The molecule has 0 saturated carbocycles. The van der Waals surface area contributed by atoms with Crippen molar-refractivity contribution in [3.63, 3.8) is 0 Å². The lowest BCUT2D eigenvalue weighted by Crippen LogP contribution is -2.36. The summed E-state index contributed by atoms with van der Waals surface area (Å²) in [6.07, 6.45) is 5.95. The van der Waals surface area contributed by atoms with Gasteiger partial charge < -0.3 is 9.47 Å². The van der Waals surface area contributed by atoms with Crippen molar-refractivity contribution in [1.82, 2.24) is 0 Å². The number of ether oxygens (including phenoxy) is 2. The van der Waals surface area contributed by atoms with Crippen molar-refractivity contribution in [3.05, 3.63) is 12.2 Å². The highest BCUT2D eigenvalue weighted by atomic mass is 16.5. The van der Waals surface area contributed by atoms with Crippen LogP contribution < -0.4 is 0 Å². The van der Waals surface area contributed by atoms with Crippen LogP contribution >= 0.6 is 0 Å². The van der Waals surface area contributed by atoms with Crippen LogP contribution in [-0.2, 0) is 19.1 Å². The number of rotatable bonds is 0. The lowest BCUT2D eigenvalue weighted by molar-refractivity contribution is -0.143. The molecule has 1 rings (SSSR count). The maximum Gasteiger partial charge on any atom is 0.305 e. The number of cyclic esters (lactones) is 1. The highest BCUT2D eigenvalue weighted by Gasteiger charge is 2.35. The molecule has 0 bridgehead atoms. The third-order valence-corrected chi connectivity index (χ3v) is 4.97. The molecular weight excluding hydrogens is 280 g/mol. The summed E-state index contributed by atoms with van der Waals surface area (Å²) in [5, 5.41) is 0. The predicted octanol–water partition coefficient (Wildman–Crippen LogP) is 3.54. The fourth-order valence-electron chi connectivity index (χ4n) is 2.49. The Kier molecular flexibility index (Phi) is 7.80. The summed E-state index contributed by atoms with van der Waals surface area (Å²) < 4.78 is 10.8. The molecule has 0 spiro atoms. The molecule has 0 saturated heterocycles. The van der Waals surface area contributed by atoms with Crippen LogP contribution in [0.2, 0.25) is 0 Å². The van der Waals surface area contributed by atoms with Gasteiger partial charge in [-0.15, -0.1) is 0 Å². The van der Waals surface area contributed by atoms with Crippen molar-refractivity contribution in [1.29, 1.82) is 0 Å². The van der Waals surface area contributed by atoms with Gasteiger partial charge in [0.1, 0.15) is 5.78 Å². The van der Waals surface area contributed by atoms with E-state index in [9.17, 15) is 9.59 Å². The van der Waals surface area contributed by atoms with E-state index in [0.29, 0.717) is 45.5 Å². The quantitative estimate of drug-likeness (QED) is 0.507. The van der Waals surface area contributed by atoms with Crippen molar-refractivity contribution >= 4 is 11.8 Å². The van der Waals surface area contributed by atoms with Gasteiger partial charge in [-0.2, -0.15) is 0 Å². The van der Waals surface area contributed by atoms with Gasteiger partial charge in [0.05, 0.1) is 19.8 Å². The molecule has 1 heterocycles. The minimum atomic E-state index is -0.218. The zero-order valence-electron chi connectivity index (χ0n) is 14.4. The van der Waals surface area contributed by atoms with Crippen LogP contribution in [0.3, 0.4) is 0 Å². The second kappa shape index (κ2) is 9.09. The van der Waals surface area contributed by atoms with E-state index in [4.69, 9.17) is 9.47 Å². The lowest BCUT2D eigenvalue weighted by atomic mass is 9.69. The number of esters is 1. The van der Waals surface area contributed by atoms with Gasteiger partial charge in [-0.1, -0.05) is 39.8 Å². The third kappa shape index (κ3) is 5.91. The fraction of sp³-hybridized carbons (Fsp3) is 0.778. The molecule has 2 unspecified atom stereocenters. The van der Waals surface area contributed by atoms with E-state index in [1.807, 2.05) is 19.1 Å². The Balaban J connectivity index is 2.71. The maximum absolute atomic E-state index is 12.4. The second-order valence-corrected chi connectivity index (χ2v) is 6.78. The van der Waals surface area contributed by atoms with Crippen LogP contribution in [0.5, 0.6) is 0 Å². The van der Waals surface area contributed by atoms with Gasteiger partial charge in [0.15, 0.2) is 0 Å². The molecule has 2 atom stereocenters. The minimum Gasteiger partial charge on any atom is -0.465 e. The Morgan fingerprint density at radius 2 is 1.86 bits per heavy atom. The van der Waals surface area contributed by atoms with Crippen LogP contribution in [0.1, 0.15) is 53.4 Å². The number of hydrogen-bond donors (Lipinski definition) is 0. The topological polar surface area (TPSA) is 52.6 Å². The maximum atomic E-state index is 12.4. The molecule has 22 heavy (non-hydrogen) atoms. The summed E-state index contributed by atoms with van der Waals surface area (Å²) in [6.45, 7) is 9.95. The minimum absolute atomic E-state index is 0.0504. The highest BCUT2D eigenvalue weighted by molar-refractivity contribution is 5.82. The third-order valence-electron chi connectivity index (χ3n) is 4.97. The van der Waals surface area contributed by atoms with Crippen LogP contribution in [0.25, 0.3) is 0 Å². The van der Waals surface area contributed by atoms with E-state index in [1.54, 1.807) is 0 Å². The summed E-state index contributed by atoms with van der Waals surface area (Å²) in [5.74, 6) is 0.241. The molecule has 1 aliphatic rings. The first-order valence-corrected chi connectivity index (χ1v) is 8.26. The van der Waals surface area contributed by atoms with E-state index >= 15 is 0 Å². The number of Topliss-reactive ketones (excluding diaryl/α,β-unsaturated/α-hetero) is 1. The largest absolute Gasteiger partial charge is 0.465 e. The first kappa shape index (κ1) is 18.9. The standard InChI is InChI=1S/C18H30O4/c1-14-13-21-11-6-5-7-12-22-17(20)10-8-9-16(19)15(2)18(14,3)4/h5-6,14-15H,7-13H2,1-4H3. The Morgan fingerprint density at radius 3 is 2.59 bits per heavy atom. The predicted molar refractivity (Wildman–Crippen MR) is 86.5 cm³/mol. The van der Waals surface area contributed by atoms with Crippen LogP contribution in [-0.4, -0.2) is 31.6 Å². The second-order valence-electron chi connectivity index (χ2n) is 6.78. The van der Waals surface area contributed by atoms with Gasteiger partial charge in [0, 0.05) is 18.8 Å². The molecule has 0 fully saturated rings. The molecule has 4 heteroatoms. The van der Waals surface area contributed by atoms with E-state index < -0.39 is 0 Å². The Labute approximate surface area is 134 Å². The van der Waals surface area contributed by atoms with Gasteiger partial charge in [0.25, 0.3) is 0 Å². The average molecular weight is 310 g/mol. The summed E-state index contributed by atoms with van der Waals surface area (Å²) in [4.78, 5) is 23.9. The fourth-order valence-corrected chi connectivity index (χ4v) is 2.49. The van der Waals surface area contributed by atoms with Gasteiger partial charge >= 0.3 is 5.97 Å². The van der Waals surface area contributed by atoms with Crippen molar-refractivity contribution in [2.24, 2.45) is 17.3 Å². The number of carbonyl (C=O) groups excluding carboxylic acids is 2. The molecule has 0 aromatic heterocycles.